The van der Waals surface area contributed by atoms with Crippen molar-refractivity contribution in [3.63, 3.8) is 0 Å². The van der Waals surface area contributed by atoms with Crippen molar-refractivity contribution in [2.45, 2.75) is 0 Å². The monoisotopic (exact) mass is 956 g/mol. The molecule has 0 amide bonds. The Balaban J connectivity index is 0.945. The molecule has 11 aromatic carbocycles. The van der Waals surface area contributed by atoms with Gasteiger partial charge in [0.1, 0.15) is 0 Å². The molecule has 0 fully saturated rings. The summed E-state index contributed by atoms with van der Waals surface area (Å²) in [6, 6.07) is 95.5. The quantitative estimate of drug-likeness (QED) is 0.152. The fourth-order valence-corrected chi connectivity index (χ4v) is 11.4. The smallest absolute Gasteiger partial charge is 0.164 e. The number of para-hydroxylation sites is 5. The number of hydrogen-bond acceptors (Lipinski definition) is 3. The largest absolute Gasteiger partial charge is 0.309 e. The van der Waals surface area contributed by atoms with Crippen LogP contribution < -0.4 is 0 Å². The van der Waals surface area contributed by atoms with Gasteiger partial charge in [0.2, 0.25) is 0 Å². The van der Waals surface area contributed by atoms with Gasteiger partial charge in [-0.15, -0.1) is 0 Å². The minimum Gasteiger partial charge on any atom is -0.309 e. The highest BCUT2D eigenvalue weighted by Gasteiger charge is 2.22. The number of aromatic nitrogens is 6. The van der Waals surface area contributed by atoms with E-state index in [1.54, 1.807) is 0 Å². The van der Waals surface area contributed by atoms with E-state index in [1.165, 1.54) is 54.5 Å². The standard InChI is InChI=1S/C69H44N6/c1-5-19-45(20-6-1)67-70-68(46-21-7-2-8-22-46)72-69(71-67)50-35-37-53(64(44-50)75-61-31-17-14-27-54(61)55-28-15-18-32-62(55)75)49-34-39-58-59-41-47(36-40-63(59)74(66(58)43-49)52-25-11-4-12-26-52)48-33-38-57-56-29-13-16-30-60(56)73(65(57)42-48)51-23-9-3-10-24-51/h1-44H. The summed E-state index contributed by atoms with van der Waals surface area (Å²) < 4.78 is 7.23. The summed E-state index contributed by atoms with van der Waals surface area (Å²) >= 11 is 0. The molecule has 0 aliphatic heterocycles. The number of fused-ring (bicyclic) bond motifs is 9. The second-order valence-corrected chi connectivity index (χ2v) is 19.2. The van der Waals surface area contributed by atoms with Crippen LogP contribution in [0, 0.1) is 0 Å². The molecule has 0 unspecified atom stereocenters. The maximum atomic E-state index is 5.20. The van der Waals surface area contributed by atoms with Crippen molar-refractivity contribution in [3.8, 4) is 73.5 Å². The second kappa shape index (κ2) is 17.3. The Morgan fingerprint density at radius 2 is 0.587 bits per heavy atom. The molecule has 0 saturated heterocycles. The Morgan fingerprint density at radius 3 is 1.13 bits per heavy atom. The maximum Gasteiger partial charge on any atom is 0.164 e. The Hall–Kier alpha value is -10.2. The van der Waals surface area contributed by atoms with Crippen molar-refractivity contribution in [3.05, 3.63) is 267 Å². The average Bonchev–Trinajstić information content (AvgIpc) is 4.12. The fourth-order valence-electron chi connectivity index (χ4n) is 11.4. The first-order chi connectivity index (χ1) is 37.2. The Labute approximate surface area is 432 Å². The molecule has 0 aliphatic carbocycles. The predicted molar refractivity (Wildman–Crippen MR) is 310 cm³/mol. The Kier molecular flexibility index (Phi) is 9.78. The van der Waals surface area contributed by atoms with Crippen LogP contribution >= 0.6 is 0 Å². The first-order valence-corrected chi connectivity index (χ1v) is 25.4. The van der Waals surface area contributed by atoms with Crippen LogP contribution in [0.2, 0.25) is 0 Å². The van der Waals surface area contributed by atoms with Gasteiger partial charge in [0.05, 0.1) is 38.8 Å². The van der Waals surface area contributed by atoms with Crippen LogP contribution in [0.25, 0.3) is 139 Å². The van der Waals surface area contributed by atoms with Gasteiger partial charge in [0, 0.05) is 65.9 Å². The lowest BCUT2D eigenvalue weighted by Crippen LogP contribution is -2.02. The van der Waals surface area contributed by atoms with Crippen molar-refractivity contribution in [1.82, 2.24) is 28.7 Å². The van der Waals surface area contributed by atoms with Gasteiger partial charge in [-0.1, -0.05) is 194 Å². The fraction of sp³-hybridized carbons (Fsp3) is 0. The number of benzene rings is 11. The molecule has 6 nitrogen and oxygen atoms in total. The van der Waals surface area contributed by atoms with Crippen LogP contribution in [-0.4, -0.2) is 28.7 Å². The summed E-state index contributed by atoms with van der Waals surface area (Å²) in [7, 11) is 0. The number of hydrogen-bond donors (Lipinski definition) is 0. The molecule has 0 saturated carbocycles. The molecule has 0 aliphatic rings. The van der Waals surface area contributed by atoms with Gasteiger partial charge in [-0.05, 0) is 89.5 Å². The summed E-state index contributed by atoms with van der Waals surface area (Å²) in [6.45, 7) is 0. The first-order valence-electron chi connectivity index (χ1n) is 25.4. The van der Waals surface area contributed by atoms with Gasteiger partial charge >= 0.3 is 0 Å². The molecule has 350 valence electrons. The van der Waals surface area contributed by atoms with Crippen molar-refractivity contribution in [2.75, 3.05) is 0 Å². The van der Waals surface area contributed by atoms with Crippen molar-refractivity contribution in [1.29, 1.82) is 0 Å². The molecule has 15 rings (SSSR count). The zero-order valence-corrected chi connectivity index (χ0v) is 40.6. The highest BCUT2D eigenvalue weighted by Crippen LogP contribution is 2.43. The summed E-state index contributed by atoms with van der Waals surface area (Å²) in [4.78, 5) is 15.4. The van der Waals surface area contributed by atoms with E-state index in [4.69, 9.17) is 15.0 Å². The van der Waals surface area contributed by atoms with E-state index in [1.807, 2.05) is 36.4 Å². The predicted octanol–water partition coefficient (Wildman–Crippen LogP) is 17.5. The lowest BCUT2D eigenvalue weighted by atomic mass is 9.98. The van der Waals surface area contributed by atoms with Crippen LogP contribution in [0.15, 0.2) is 267 Å². The summed E-state index contributed by atoms with van der Waals surface area (Å²) in [6.07, 6.45) is 0. The SMILES string of the molecule is c1ccc(-c2nc(-c3ccccc3)nc(-c3ccc(-c4ccc5c6cc(-c7ccc8c9ccccc9n(-c9ccccc9)c8c7)ccc6n(-c6ccccc6)c5c4)c(-n4c5ccccc5c5ccccc54)c3)n2)cc1. The normalized spacial score (nSPS) is 11.7. The van der Waals surface area contributed by atoms with E-state index in [0.717, 1.165) is 66.9 Å². The van der Waals surface area contributed by atoms with Gasteiger partial charge in [-0.2, -0.15) is 0 Å². The molecule has 75 heavy (non-hydrogen) atoms. The summed E-state index contributed by atoms with van der Waals surface area (Å²) in [5.41, 5.74) is 17.4. The lowest BCUT2D eigenvalue weighted by molar-refractivity contribution is 1.07. The van der Waals surface area contributed by atoms with Crippen molar-refractivity contribution >= 4 is 65.4 Å². The molecule has 15 aromatic rings. The molecule has 4 heterocycles. The zero-order valence-electron chi connectivity index (χ0n) is 40.6. The molecular formula is C69H44N6. The van der Waals surface area contributed by atoms with Gasteiger partial charge in [0.15, 0.2) is 17.5 Å². The molecule has 4 aromatic heterocycles. The van der Waals surface area contributed by atoms with E-state index in [9.17, 15) is 0 Å². The van der Waals surface area contributed by atoms with E-state index >= 15 is 0 Å². The van der Waals surface area contributed by atoms with E-state index in [0.29, 0.717) is 17.5 Å². The van der Waals surface area contributed by atoms with Gasteiger partial charge in [0.25, 0.3) is 0 Å². The van der Waals surface area contributed by atoms with Crippen LogP contribution in [0.3, 0.4) is 0 Å². The molecule has 0 bridgehead atoms. The highest BCUT2D eigenvalue weighted by atomic mass is 15.0. The van der Waals surface area contributed by atoms with E-state index in [2.05, 4.69) is 244 Å². The Bertz CT molecular complexity index is 4580. The third-order valence-corrected chi connectivity index (χ3v) is 14.9. The Morgan fingerprint density at radius 1 is 0.213 bits per heavy atom. The summed E-state index contributed by atoms with van der Waals surface area (Å²) in [5, 5.41) is 7.25. The maximum absolute atomic E-state index is 5.20. The lowest BCUT2D eigenvalue weighted by Gasteiger charge is -2.17. The molecule has 0 spiro atoms. The summed E-state index contributed by atoms with van der Waals surface area (Å²) in [5.74, 6) is 1.85. The minimum absolute atomic E-state index is 0.604. The minimum atomic E-state index is 0.604. The molecule has 0 atom stereocenters. The van der Waals surface area contributed by atoms with E-state index < -0.39 is 0 Å². The van der Waals surface area contributed by atoms with Crippen molar-refractivity contribution < 1.29 is 0 Å². The third-order valence-electron chi connectivity index (χ3n) is 14.9. The second-order valence-electron chi connectivity index (χ2n) is 19.2. The van der Waals surface area contributed by atoms with Crippen LogP contribution in [-0.2, 0) is 0 Å². The van der Waals surface area contributed by atoms with Crippen LogP contribution in [0.4, 0.5) is 0 Å². The van der Waals surface area contributed by atoms with Gasteiger partial charge in [-0.3, -0.25) is 0 Å². The van der Waals surface area contributed by atoms with Crippen LogP contribution in [0.5, 0.6) is 0 Å². The van der Waals surface area contributed by atoms with Gasteiger partial charge in [-0.25, -0.2) is 15.0 Å². The zero-order chi connectivity index (χ0) is 49.4. The molecule has 0 radical (unpaired) electrons. The molecule has 6 heteroatoms. The van der Waals surface area contributed by atoms with Crippen molar-refractivity contribution in [2.24, 2.45) is 0 Å². The number of rotatable bonds is 8. The average molecular weight is 957 g/mol. The first kappa shape index (κ1) is 42.5. The van der Waals surface area contributed by atoms with E-state index in [-0.39, 0.29) is 0 Å². The highest BCUT2D eigenvalue weighted by molar-refractivity contribution is 6.14. The van der Waals surface area contributed by atoms with Gasteiger partial charge < -0.3 is 13.7 Å². The van der Waals surface area contributed by atoms with Crippen LogP contribution in [0.1, 0.15) is 0 Å². The molecular weight excluding hydrogens is 913 g/mol. The third kappa shape index (κ3) is 6.99. The topological polar surface area (TPSA) is 53.5 Å². The number of nitrogens with zero attached hydrogens (tertiary/aromatic N) is 6. The molecule has 0 N–H and O–H groups in total.